The van der Waals surface area contributed by atoms with Crippen molar-refractivity contribution in [2.75, 3.05) is 26.2 Å². The monoisotopic (exact) mass is 309 g/mol. The molecule has 128 valence electrons. The Bertz CT molecular complexity index is 321. The van der Waals surface area contributed by atoms with Gasteiger partial charge in [-0.2, -0.15) is 0 Å². The molecule has 1 aliphatic rings. The van der Waals surface area contributed by atoms with Gasteiger partial charge in [-0.15, -0.1) is 0 Å². The van der Waals surface area contributed by atoms with Crippen LogP contribution in [0.15, 0.2) is 12.2 Å². The van der Waals surface area contributed by atoms with E-state index in [1.165, 1.54) is 71.0 Å². The summed E-state index contributed by atoms with van der Waals surface area (Å²) in [7, 11) is 0. The molecule has 1 unspecified atom stereocenters. The highest BCUT2D eigenvalue weighted by Crippen LogP contribution is 2.15. The van der Waals surface area contributed by atoms with Crippen LogP contribution in [0.2, 0.25) is 0 Å². The van der Waals surface area contributed by atoms with Crippen molar-refractivity contribution in [2.45, 2.75) is 71.6 Å². The van der Waals surface area contributed by atoms with Gasteiger partial charge in [0.05, 0.1) is 6.61 Å². The van der Waals surface area contributed by atoms with E-state index in [9.17, 15) is 4.79 Å². The Morgan fingerprint density at radius 2 is 1.77 bits per heavy atom. The van der Waals surface area contributed by atoms with Gasteiger partial charge in [-0.3, -0.25) is 0 Å². The molecule has 0 N–H and O–H groups in total. The lowest BCUT2D eigenvalue weighted by Gasteiger charge is -2.26. The lowest BCUT2D eigenvalue weighted by Crippen LogP contribution is -2.30. The molecule has 0 bridgehead atoms. The number of rotatable bonds is 11. The third-order valence-corrected chi connectivity index (χ3v) is 4.56. The van der Waals surface area contributed by atoms with Crippen molar-refractivity contribution in [2.24, 2.45) is 5.92 Å². The fraction of sp³-hybridized carbons (Fsp3) is 0.842. The molecule has 0 aromatic heterocycles. The van der Waals surface area contributed by atoms with Crippen LogP contribution in [0.1, 0.15) is 71.6 Å². The second-order valence-electron chi connectivity index (χ2n) is 6.92. The van der Waals surface area contributed by atoms with Gasteiger partial charge in [-0.1, -0.05) is 45.6 Å². The first-order valence-corrected chi connectivity index (χ1v) is 9.14. The van der Waals surface area contributed by atoms with Crippen molar-refractivity contribution in [3.63, 3.8) is 0 Å². The lowest BCUT2D eigenvalue weighted by molar-refractivity contribution is -0.139. The van der Waals surface area contributed by atoms with E-state index in [1.807, 2.05) is 0 Å². The molecule has 0 aromatic carbocycles. The smallest absolute Gasteiger partial charge is 0.333 e. The topological polar surface area (TPSA) is 29.5 Å². The lowest BCUT2D eigenvalue weighted by atomic mass is 10.00. The number of esters is 1. The predicted octanol–water partition coefficient (Wildman–Crippen LogP) is 4.57. The summed E-state index contributed by atoms with van der Waals surface area (Å²) in [6.07, 6.45) is 11.8. The first kappa shape index (κ1) is 19.2. The van der Waals surface area contributed by atoms with E-state index in [2.05, 4.69) is 18.4 Å². The molecule has 0 aliphatic carbocycles. The van der Waals surface area contributed by atoms with Crippen LogP contribution < -0.4 is 0 Å². The Hall–Kier alpha value is -0.830. The minimum atomic E-state index is -0.259. The average Bonchev–Trinajstić information content (AvgIpc) is 2.51. The first-order chi connectivity index (χ1) is 10.6. The number of nitrogens with zero attached hydrogens (tertiary/aromatic N) is 1. The summed E-state index contributed by atoms with van der Waals surface area (Å²) in [5.41, 5.74) is 0.487. The standard InChI is InChI=1S/C19H35NO2/c1-17(2)19(21)22-16-12-18(3)11-7-4-5-8-13-20-14-9-6-10-15-20/h18H,1,4-16H2,2-3H3. The summed E-state index contributed by atoms with van der Waals surface area (Å²) in [6, 6.07) is 0. The number of unbranched alkanes of at least 4 members (excludes halogenated alkanes) is 3. The first-order valence-electron chi connectivity index (χ1n) is 9.14. The Labute approximate surface area is 137 Å². The normalized spacial score (nSPS) is 17.2. The highest BCUT2D eigenvalue weighted by Gasteiger charge is 2.09. The van der Waals surface area contributed by atoms with Crippen molar-refractivity contribution in [1.29, 1.82) is 0 Å². The van der Waals surface area contributed by atoms with Crippen LogP contribution in [0.25, 0.3) is 0 Å². The molecular weight excluding hydrogens is 274 g/mol. The number of piperidine rings is 1. The zero-order chi connectivity index (χ0) is 16.2. The maximum Gasteiger partial charge on any atom is 0.333 e. The Morgan fingerprint density at radius 1 is 1.09 bits per heavy atom. The molecule has 1 heterocycles. The summed E-state index contributed by atoms with van der Waals surface area (Å²) in [4.78, 5) is 13.9. The summed E-state index contributed by atoms with van der Waals surface area (Å²) < 4.78 is 5.14. The number of carbonyl (C=O) groups is 1. The van der Waals surface area contributed by atoms with Crippen molar-refractivity contribution in [3.05, 3.63) is 12.2 Å². The molecule has 0 saturated carbocycles. The van der Waals surface area contributed by atoms with E-state index < -0.39 is 0 Å². The van der Waals surface area contributed by atoms with Crippen molar-refractivity contribution < 1.29 is 9.53 Å². The van der Waals surface area contributed by atoms with Gasteiger partial charge in [0, 0.05) is 5.57 Å². The number of ether oxygens (including phenoxy) is 1. The highest BCUT2D eigenvalue weighted by atomic mass is 16.5. The van der Waals surface area contributed by atoms with Crippen LogP contribution in [0.4, 0.5) is 0 Å². The van der Waals surface area contributed by atoms with Crippen LogP contribution in [-0.2, 0) is 9.53 Å². The number of hydrogen-bond donors (Lipinski definition) is 0. The SMILES string of the molecule is C=C(C)C(=O)OCCC(C)CCCCCCN1CCCCC1. The summed E-state index contributed by atoms with van der Waals surface area (Å²) in [5, 5.41) is 0. The van der Waals surface area contributed by atoms with Crippen LogP contribution in [0.5, 0.6) is 0 Å². The molecule has 0 spiro atoms. The Morgan fingerprint density at radius 3 is 2.45 bits per heavy atom. The molecule has 3 nitrogen and oxygen atoms in total. The van der Waals surface area contributed by atoms with Crippen LogP contribution in [-0.4, -0.2) is 37.1 Å². The van der Waals surface area contributed by atoms with Crippen LogP contribution >= 0.6 is 0 Å². The van der Waals surface area contributed by atoms with E-state index in [0.717, 1.165) is 6.42 Å². The second-order valence-corrected chi connectivity index (χ2v) is 6.92. The Kier molecular flexibility index (Phi) is 10.2. The van der Waals surface area contributed by atoms with Gasteiger partial charge in [0.25, 0.3) is 0 Å². The van der Waals surface area contributed by atoms with Gasteiger partial charge in [0.2, 0.25) is 0 Å². The zero-order valence-electron chi connectivity index (χ0n) is 14.7. The van der Waals surface area contributed by atoms with Crippen molar-refractivity contribution in [1.82, 2.24) is 4.90 Å². The number of hydrogen-bond acceptors (Lipinski definition) is 3. The molecule has 1 atom stereocenters. The molecule has 1 fully saturated rings. The quantitative estimate of drug-likeness (QED) is 0.318. The van der Waals surface area contributed by atoms with E-state index in [4.69, 9.17) is 4.74 Å². The van der Waals surface area contributed by atoms with E-state index in [-0.39, 0.29) is 5.97 Å². The largest absolute Gasteiger partial charge is 0.462 e. The fourth-order valence-electron chi connectivity index (χ4n) is 2.99. The van der Waals surface area contributed by atoms with E-state index >= 15 is 0 Å². The Balaban J connectivity index is 1.88. The zero-order valence-corrected chi connectivity index (χ0v) is 14.7. The molecule has 3 heteroatoms. The van der Waals surface area contributed by atoms with E-state index in [0.29, 0.717) is 18.1 Å². The summed E-state index contributed by atoms with van der Waals surface area (Å²) >= 11 is 0. The van der Waals surface area contributed by atoms with Gasteiger partial charge in [0.1, 0.15) is 0 Å². The fourth-order valence-corrected chi connectivity index (χ4v) is 2.99. The summed E-state index contributed by atoms with van der Waals surface area (Å²) in [5.74, 6) is 0.380. The van der Waals surface area contributed by atoms with Gasteiger partial charge >= 0.3 is 5.97 Å². The molecule has 0 aromatic rings. The maximum atomic E-state index is 11.3. The van der Waals surface area contributed by atoms with Crippen molar-refractivity contribution >= 4 is 5.97 Å². The molecule has 22 heavy (non-hydrogen) atoms. The van der Waals surface area contributed by atoms with Crippen LogP contribution in [0.3, 0.4) is 0 Å². The number of likely N-dealkylation sites (tertiary alicyclic amines) is 1. The minimum absolute atomic E-state index is 0.259. The maximum absolute atomic E-state index is 11.3. The van der Waals surface area contributed by atoms with Gasteiger partial charge in [0.15, 0.2) is 0 Å². The van der Waals surface area contributed by atoms with Crippen LogP contribution in [0, 0.1) is 5.92 Å². The molecule has 1 saturated heterocycles. The van der Waals surface area contributed by atoms with Crippen molar-refractivity contribution in [3.8, 4) is 0 Å². The van der Waals surface area contributed by atoms with Gasteiger partial charge in [-0.25, -0.2) is 4.79 Å². The minimum Gasteiger partial charge on any atom is -0.462 e. The molecule has 1 rings (SSSR count). The van der Waals surface area contributed by atoms with E-state index in [1.54, 1.807) is 6.92 Å². The predicted molar refractivity (Wildman–Crippen MR) is 92.9 cm³/mol. The van der Waals surface area contributed by atoms with Gasteiger partial charge < -0.3 is 9.64 Å². The summed E-state index contributed by atoms with van der Waals surface area (Å²) in [6.45, 7) is 12.0. The third kappa shape index (κ3) is 9.24. The van der Waals surface area contributed by atoms with Gasteiger partial charge in [-0.05, 0) is 58.2 Å². The molecular formula is C19H35NO2. The number of carbonyl (C=O) groups excluding carboxylic acids is 1. The molecule has 0 amide bonds. The molecule has 0 radical (unpaired) electrons. The third-order valence-electron chi connectivity index (χ3n) is 4.56. The highest BCUT2D eigenvalue weighted by molar-refractivity contribution is 5.86. The average molecular weight is 309 g/mol. The second kappa shape index (κ2) is 11.7. The molecule has 1 aliphatic heterocycles.